The van der Waals surface area contributed by atoms with Gasteiger partial charge in [-0.05, 0) is 73.0 Å². The highest BCUT2D eigenvalue weighted by atomic mass is 16.7. The molecule has 12 heteroatoms. The Morgan fingerprint density at radius 2 is 0.953 bits per heavy atom. The van der Waals surface area contributed by atoms with E-state index in [4.69, 9.17) is 18.9 Å². The lowest BCUT2D eigenvalue weighted by Gasteiger charge is -2.46. The summed E-state index contributed by atoms with van der Waals surface area (Å²) in [4.78, 5) is 49.0. The normalized spacial score (nSPS) is 27.6. The third-order valence-corrected chi connectivity index (χ3v) is 8.10. The quantitative estimate of drug-likeness (QED) is 0.158. The lowest BCUT2D eigenvalue weighted by atomic mass is 9.62. The van der Waals surface area contributed by atoms with Crippen LogP contribution >= 0.6 is 0 Å². The lowest BCUT2D eigenvalue weighted by molar-refractivity contribution is 0.0153. The molecule has 4 atom stereocenters. The molecule has 0 radical (unpaired) electrons. The largest absolute Gasteiger partial charge is 0.450 e. The third-order valence-electron chi connectivity index (χ3n) is 8.10. The molecular weight excluding hydrogens is 556 g/mol. The van der Waals surface area contributed by atoms with E-state index in [0.717, 1.165) is 38.5 Å². The van der Waals surface area contributed by atoms with E-state index in [1.54, 1.807) is 0 Å². The summed E-state index contributed by atoms with van der Waals surface area (Å²) in [6.45, 7) is 17.5. The molecule has 4 unspecified atom stereocenters. The zero-order chi connectivity index (χ0) is 32.3. The zero-order valence-electron chi connectivity index (χ0n) is 27.6. The third kappa shape index (κ3) is 13.5. The second kappa shape index (κ2) is 15.7. The van der Waals surface area contributed by atoms with Gasteiger partial charge in [-0.3, -0.25) is 0 Å². The standard InChI is InChI=1S/C31H56N4O8/c1-9-11-40-26(38)34-22-13-28(3,4)17-30(7,15-22)19-32-24(36)42-21-43-25(37)33-20-31(8)16-23(14-29(5,6)18-31)35-27(39)41-12-10-2/h22-23H,9-21H2,1-8H3,(H,32,36)(H,33,37)(H,34,38)(H,35,39). The topological polar surface area (TPSA) is 153 Å². The van der Waals surface area contributed by atoms with Crippen molar-refractivity contribution in [3.63, 3.8) is 0 Å². The predicted octanol–water partition coefficient (Wildman–Crippen LogP) is 5.84. The molecule has 2 fully saturated rings. The first-order valence-corrected chi connectivity index (χ1v) is 15.7. The molecule has 0 aromatic heterocycles. The van der Waals surface area contributed by atoms with E-state index >= 15 is 0 Å². The van der Waals surface area contributed by atoms with Crippen molar-refractivity contribution in [2.75, 3.05) is 33.1 Å². The molecule has 12 nitrogen and oxygen atoms in total. The Balaban J connectivity index is 1.76. The SMILES string of the molecule is CCCOC(=O)NC1CC(C)(C)CC(C)(CNC(=O)OCOC(=O)NCC2(C)CC(NC(=O)OCCC)CC(C)(C)C2)C1. The number of ether oxygens (including phenoxy) is 4. The molecule has 2 aliphatic rings. The minimum Gasteiger partial charge on any atom is -0.450 e. The van der Waals surface area contributed by atoms with Gasteiger partial charge in [0.1, 0.15) is 0 Å². The van der Waals surface area contributed by atoms with Gasteiger partial charge in [0, 0.05) is 25.2 Å². The van der Waals surface area contributed by atoms with Crippen LogP contribution < -0.4 is 21.3 Å². The predicted molar refractivity (Wildman–Crippen MR) is 162 cm³/mol. The van der Waals surface area contributed by atoms with Crippen molar-refractivity contribution in [3.8, 4) is 0 Å². The van der Waals surface area contributed by atoms with Gasteiger partial charge in [-0.1, -0.05) is 55.4 Å². The first kappa shape index (κ1) is 36.3. The summed E-state index contributed by atoms with van der Waals surface area (Å²) < 4.78 is 20.6. The summed E-state index contributed by atoms with van der Waals surface area (Å²) in [5, 5.41) is 11.5. The molecule has 2 saturated carbocycles. The van der Waals surface area contributed by atoms with Crippen LogP contribution in [0.2, 0.25) is 0 Å². The van der Waals surface area contributed by atoms with Crippen LogP contribution in [0.4, 0.5) is 19.2 Å². The fourth-order valence-electron chi connectivity index (χ4n) is 7.36. The fourth-order valence-corrected chi connectivity index (χ4v) is 7.36. The van der Waals surface area contributed by atoms with Gasteiger partial charge in [-0.2, -0.15) is 0 Å². The van der Waals surface area contributed by atoms with Gasteiger partial charge in [-0.15, -0.1) is 0 Å². The Bertz CT molecular complexity index is 884. The molecule has 0 aromatic carbocycles. The van der Waals surface area contributed by atoms with Crippen LogP contribution in [-0.4, -0.2) is 69.6 Å². The van der Waals surface area contributed by atoms with E-state index < -0.39 is 31.2 Å². The first-order valence-electron chi connectivity index (χ1n) is 15.7. The van der Waals surface area contributed by atoms with E-state index in [1.807, 2.05) is 13.8 Å². The van der Waals surface area contributed by atoms with Gasteiger partial charge in [0.05, 0.1) is 13.2 Å². The summed E-state index contributed by atoms with van der Waals surface area (Å²) in [5.41, 5.74) is -0.628. The molecule has 0 saturated heterocycles. The minimum atomic E-state index is -0.686. The number of hydrogen-bond acceptors (Lipinski definition) is 8. The number of alkyl carbamates (subject to hydrolysis) is 4. The fraction of sp³-hybridized carbons (Fsp3) is 0.871. The van der Waals surface area contributed by atoms with Crippen molar-refractivity contribution >= 4 is 24.4 Å². The van der Waals surface area contributed by atoms with Gasteiger partial charge in [0.25, 0.3) is 0 Å². The molecule has 248 valence electrons. The number of rotatable bonds is 12. The van der Waals surface area contributed by atoms with Crippen LogP contribution in [0.25, 0.3) is 0 Å². The Kier molecular flexibility index (Phi) is 13.2. The van der Waals surface area contributed by atoms with E-state index in [9.17, 15) is 19.2 Å². The van der Waals surface area contributed by atoms with Crippen LogP contribution in [0.5, 0.6) is 0 Å². The number of carbonyl (C=O) groups is 4. The molecule has 4 N–H and O–H groups in total. The summed E-state index contributed by atoms with van der Waals surface area (Å²) in [7, 11) is 0. The number of hydrogen-bond donors (Lipinski definition) is 4. The Hall–Kier alpha value is -2.92. The number of nitrogens with one attached hydrogen (secondary N) is 4. The van der Waals surface area contributed by atoms with Crippen LogP contribution in [-0.2, 0) is 18.9 Å². The average molecular weight is 613 g/mol. The zero-order valence-corrected chi connectivity index (χ0v) is 27.6. The van der Waals surface area contributed by atoms with E-state index in [2.05, 4.69) is 62.8 Å². The molecule has 0 aromatic rings. The smallest absolute Gasteiger partial charge is 0.410 e. The Morgan fingerprint density at radius 1 is 0.581 bits per heavy atom. The molecule has 0 spiro atoms. The summed E-state index contributed by atoms with van der Waals surface area (Å²) in [6.07, 6.45) is 4.02. The highest BCUT2D eigenvalue weighted by Gasteiger charge is 2.43. The van der Waals surface area contributed by atoms with Crippen molar-refractivity contribution in [3.05, 3.63) is 0 Å². The second-order valence-corrected chi connectivity index (χ2v) is 14.8. The molecule has 2 aliphatic carbocycles. The maximum absolute atomic E-state index is 12.4. The van der Waals surface area contributed by atoms with Crippen LogP contribution in [0.15, 0.2) is 0 Å². The van der Waals surface area contributed by atoms with E-state index in [-0.39, 0.29) is 33.7 Å². The Morgan fingerprint density at radius 3 is 1.30 bits per heavy atom. The van der Waals surface area contributed by atoms with Crippen molar-refractivity contribution in [1.82, 2.24) is 21.3 Å². The maximum Gasteiger partial charge on any atom is 0.410 e. The molecule has 2 rings (SSSR count). The molecular formula is C31H56N4O8. The summed E-state index contributed by atoms with van der Waals surface area (Å²) in [6, 6.07) is -0.138. The van der Waals surface area contributed by atoms with E-state index in [1.165, 1.54) is 0 Å². The second-order valence-electron chi connectivity index (χ2n) is 14.8. The van der Waals surface area contributed by atoms with Crippen molar-refractivity contribution in [1.29, 1.82) is 0 Å². The van der Waals surface area contributed by atoms with E-state index in [0.29, 0.717) is 39.1 Å². The van der Waals surface area contributed by atoms with Gasteiger partial charge in [0.2, 0.25) is 6.79 Å². The molecule has 0 heterocycles. The Labute approximate surface area is 257 Å². The van der Waals surface area contributed by atoms with Crippen molar-refractivity contribution < 1.29 is 38.1 Å². The highest BCUT2D eigenvalue weighted by Crippen LogP contribution is 2.46. The molecule has 0 bridgehead atoms. The van der Waals surface area contributed by atoms with Crippen LogP contribution in [0.1, 0.15) is 107 Å². The minimum absolute atomic E-state index is 0.0406. The summed E-state index contributed by atoms with van der Waals surface area (Å²) in [5.74, 6) is 0. The van der Waals surface area contributed by atoms with Crippen LogP contribution in [0, 0.1) is 21.7 Å². The van der Waals surface area contributed by atoms with Gasteiger partial charge < -0.3 is 40.2 Å². The number of carbonyl (C=O) groups excluding carboxylic acids is 4. The van der Waals surface area contributed by atoms with Crippen LogP contribution in [0.3, 0.4) is 0 Å². The average Bonchev–Trinajstić information content (AvgIpc) is 2.86. The molecule has 43 heavy (non-hydrogen) atoms. The molecule has 0 aliphatic heterocycles. The van der Waals surface area contributed by atoms with Crippen molar-refractivity contribution in [2.45, 2.75) is 119 Å². The summed E-state index contributed by atoms with van der Waals surface area (Å²) >= 11 is 0. The van der Waals surface area contributed by atoms with Gasteiger partial charge >= 0.3 is 24.4 Å². The highest BCUT2D eigenvalue weighted by molar-refractivity contribution is 5.69. The number of amides is 4. The molecule has 4 amide bonds. The monoisotopic (exact) mass is 612 g/mol. The first-order chi connectivity index (χ1) is 20.0. The lowest BCUT2D eigenvalue weighted by Crippen LogP contribution is -2.50. The van der Waals surface area contributed by atoms with Gasteiger partial charge in [0.15, 0.2) is 0 Å². The van der Waals surface area contributed by atoms with Crippen molar-refractivity contribution in [2.24, 2.45) is 21.7 Å². The maximum atomic E-state index is 12.4. The van der Waals surface area contributed by atoms with Gasteiger partial charge in [-0.25, -0.2) is 19.2 Å².